The molecule has 5 nitrogen and oxygen atoms in total. The first-order valence-corrected chi connectivity index (χ1v) is 7.25. The molecule has 2 N–H and O–H groups in total. The molecule has 1 aromatic carbocycles. The SMILES string of the molecule is CC(C)[C@@H]1NC(=O)N(CCc2c[nH]c3ccccc23)C1=O. The average Bonchev–Trinajstić information content (AvgIpc) is 2.99. The van der Waals surface area contributed by atoms with Gasteiger partial charge in [0.2, 0.25) is 0 Å². The third-order valence-electron chi connectivity index (χ3n) is 4.00. The largest absolute Gasteiger partial charge is 0.361 e. The van der Waals surface area contributed by atoms with Crippen molar-refractivity contribution in [1.29, 1.82) is 0 Å². The fourth-order valence-corrected chi connectivity index (χ4v) is 2.77. The minimum absolute atomic E-state index is 0.111. The number of rotatable bonds is 4. The fourth-order valence-electron chi connectivity index (χ4n) is 2.77. The zero-order valence-electron chi connectivity index (χ0n) is 12.2. The van der Waals surface area contributed by atoms with Crippen LogP contribution in [0.15, 0.2) is 30.5 Å². The van der Waals surface area contributed by atoms with E-state index >= 15 is 0 Å². The number of imide groups is 1. The molecule has 0 bridgehead atoms. The third kappa shape index (κ3) is 2.39. The van der Waals surface area contributed by atoms with Crippen LogP contribution in [0.25, 0.3) is 10.9 Å². The van der Waals surface area contributed by atoms with Crippen molar-refractivity contribution in [2.45, 2.75) is 26.3 Å². The monoisotopic (exact) mass is 285 g/mol. The number of aromatic nitrogens is 1. The molecule has 1 aliphatic heterocycles. The van der Waals surface area contributed by atoms with Crippen molar-refractivity contribution in [1.82, 2.24) is 15.2 Å². The minimum Gasteiger partial charge on any atom is -0.361 e. The highest BCUT2D eigenvalue weighted by molar-refractivity contribution is 6.04. The second-order valence-corrected chi connectivity index (χ2v) is 5.77. The fraction of sp³-hybridized carbons (Fsp3) is 0.375. The van der Waals surface area contributed by atoms with E-state index in [1.54, 1.807) is 0 Å². The Morgan fingerprint density at radius 2 is 2.00 bits per heavy atom. The van der Waals surface area contributed by atoms with Crippen LogP contribution >= 0.6 is 0 Å². The van der Waals surface area contributed by atoms with Crippen molar-refractivity contribution in [3.8, 4) is 0 Å². The van der Waals surface area contributed by atoms with E-state index in [0.29, 0.717) is 13.0 Å². The summed E-state index contributed by atoms with van der Waals surface area (Å²) < 4.78 is 0. The third-order valence-corrected chi connectivity index (χ3v) is 4.00. The Kier molecular flexibility index (Phi) is 3.41. The molecular formula is C16H19N3O2. The molecule has 1 fully saturated rings. The molecule has 0 unspecified atom stereocenters. The number of benzene rings is 1. The normalized spacial score (nSPS) is 18.8. The van der Waals surface area contributed by atoms with E-state index in [0.717, 1.165) is 16.5 Å². The van der Waals surface area contributed by atoms with Crippen LogP contribution < -0.4 is 5.32 Å². The Balaban J connectivity index is 1.73. The highest BCUT2D eigenvalue weighted by Crippen LogP contribution is 2.20. The lowest BCUT2D eigenvalue weighted by molar-refractivity contribution is -0.128. The lowest BCUT2D eigenvalue weighted by Gasteiger charge is -2.14. The minimum atomic E-state index is -0.388. The number of aromatic amines is 1. The number of nitrogens with one attached hydrogen (secondary N) is 2. The Morgan fingerprint density at radius 3 is 2.71 bits per heavy atom. The second kappa shape index (κ2) is 5.24. The van der Waals surface area contributed by atoms with Crippen LogP contribution in [0.3, 0.4) is 0 Å². The number of carbonyl (C=O) groups is 2. The molecule has 3 rings (SSSR count). The van der Waals surface area contributed by atoms with Gasteiger partial charge in [0.1, 0.15) is 6.04 Å². The molecule has 2 aromatic rings. The predicted octanol–water partition coefficient (Wildman–Crippen LogP) is 2.29. The summed E-state index contributed by atoms with van der Waals surface area (Å²) in [4.78, 5) is 28.7. The van der Waals surface area contributed by atoms with Gasteiger partial charge in [0.25, 0.3) is 5.91 Å². The average molecular weight is 285 g/mol. The molecule has 5 heteroatoms. The van der Waals surface area contributed by atoms with Gasteiger partial charge in [0.15, 0.2) is 0 Å². The maximum absolute atomic E-state index is 12.2. The molecule has 1 aromatic heterocycles. The summed E-state index contributed by atoms with van der Waals surface area (Å²) in [5.74, 6) is -0.00520. The summed E-state index contributed by atoms with van der Waals surface area (Å²) >= 11 is 0. The first-order chi connectivity index (χ1) is 10.1. The Hall–Kier alpha value is -2.30. The second-order valence-electron chi connectivity index (χ2n) is 5.77. The lowest BCUT2D eigenvalue weighted by atomic mass is 10.0. The van der Waals surface area contributed by atoms with Crippen molar-refractivity contribution in [3.05, 3.63) is 36.0 Å². The Morgan fingerprint density at radius 1 is 1.24 bits per heavy atom. The van der Waals surface area contributed by atoms with Crippen molar-refractivity contribution in [3.63, 3.8) is 0 Å². The summed E-state index contributed by atoms with van der Waals surface area (Å²) in [5, 5.41) is 3.89. The Bertz CT molecular complexity index is 690. The van der Waals surface area contributed by atoms with Crippen LogP contribution in [0.2, 0.25) is 0 Å². The molecule has 0 spiro atoms. The Labute approximate surface area is 123 Å². The number of para-hydroxylation sites is 1. The smallest absolute Gasteiger partial charge is 0.324 e. The summed E-state index contributed by atoms with van der Waals surface area (Å²) in [6.45, 7) is 4.29. The van der Waals surface area contributed by atoms with Crippen LogP contribution in [0, 0.1) is 5.92 Å². The number of H-pyrrole nitrogens is 1. The van der Waals surface area contributed by atoms with Crippen LogP contribution in [0.5, 0.6) is 0 Å². The first kappa shape index (κ1) is 13.7. The van der Waals surface area contributed by atoms with Gasteiger partial charge in [-0.05, 0) is 24.0 Å². The van der Waals surface area contributed by atoms with E-state index in [2.05, 4.69) is 10.3 Å². The van der Waals surface area contributed by atoms with Gasteiger partial charge in [0, 0.05) is 23.6 Å². The topological polar surface area (TPSA) is 65.2 Å². The van der Waals surface area contributed by atoms with Crippen molar-refractivity contribution < 1.29 is 9.59 Å². The van der Waals surface area contributed by atoms with Gasteiger partial charge in [-0.1, -0.05) is 32.0 Å². The van der Waals surface area contributed by atoms with Gasteiger partial charge in [-0.15, -0.1) is 0 Å². The van der Waals surface area contributed by atoms with Gasteiger partial charge >= 0.3 is 6.03 Å². The van der Waals surface area contributed by atoms with Crippen molar-refractivity contribution >= 4 is 22.8 Å². The summed E-state index contributed by atoms with van der Waals surface area (Å²) in [6, 6.07) is 7.36. The summed E-state index contributed by atoms with van der Waals surface area (Å²) in [6.07, 6.45) is 2.61. The van der Waals surface area contributed by atoms with E-state index in [1.807, 2.05) is 44.3 Å². The maximum Gasteiger partial charge on any atom is 0.324 e. The molecular weight excluding hydrogens is 266 g/mol. The van der Waals surface area contributed by atoms with E-state index in [9.17, 15) is 9.59 Å². The van der Waals surface area contributed by atoms with E-state index in [1.165, 1.54) is 4.90 Å². The zero-order valence-corrected chi connectivity index (χ0v) is 12.2. The van der Waals surface area contributed by atoms with Gasteiger partial charge in [-0.25, -0.2) is 4.79 Å². The van der Waals surface area contributed by atoms with Crippen LogP contribution in [-0.4, -0.2) is 34.4 Å². The van der Waals surface area contributed by atoms with E-state index in [-0.39, 0.29) is 23.9 Å². The molecule has 1 aliphatic rings. The summed E-state index contributed by atoms with van der Waals surface area (Å²) in [7, 11) is 0. The van der Waals surface area contributed by atoms with Crippen LogP contribution in [-0.2, 0) is 11.2 Å². The van der Waals surface area contributed by atoms with Crippen molar-refractivity contribution in [2.75, 3.05) is 6.54 Å². The van der Waals surface area contributed by atoms with Gasteiger partial charge < -0.3 is 10.3 Å². The lowest BCUT2D eigenvalue weighted by Crippen LogP contribution is -2.35. The molecule has 2 heterocycles. The standard InChI is InChI=1S/C16H19N3O2/c1-10(2)14-15(20)19(16(21)18-14)8-7-11-9-17-13-6-4-3-5-12(11)13/h3-6,9-10,14,17H,7-8H2,1-2H3,(H,18,21)/t14-/m0/s1. The summed E-state index contributed by atoms with van der Waals surface area (Å²) in [5.41, 5.74) is 2.20. The number of fused-ring (bicyclic) bond motifs is 1. The van der Waals surface area contributed by atoms with Crippen LogP contribution in [0.4, 0.5) is 4.79 Å². The van der Waals surface area contributed by atoms with Crippen LogP contribution in [0.1, 0.15) is 19.4 Å². The van der Waals surface area contributed by atoms with Gasteiger partial charge in [0.05, 0.1) is 0 Å². The highest BCUT2D eigenvalue weighted by Gasteiger charge is 2.39. The molecule has 0 saturated carbocycles. The van der Waals surface area contributed by atoms with Gasteiger partial charge in [-0.3, -0.25) is 9.69 Å². The van der Waals surface area contributed by atoms with Crippen molar-refractivity contribution in [2.24, 2.45) is 5.92 Å². The van der Waals surface area contributed by atoms with Gasteiger partial charge in [-0.2, -0.15) is 0 Å². The zero-order chi connectivity index (χ0) is 15.0. The number of urea groups is 1. The van der Waals surface area contributed by atoms with E-state index in [4.69, 9.17) is 0 Å². The number of nitrogens with zero attached hydrogens (tertiary/aromatic N) is 1. The first-order valence-electron chi connectivity index (χ1n) is 7.25. The van der Waals surface area contributed by atoms with E-state index < -0.39 is 0 Å². The molecule has 0 radical (unpaired) electrons. The quantitative estimate of drug-likeness (QED) is 0.846. The molecule has 21 heavy (non-hydrogen) atoms. The number of hydrogen-bond donors (Lipinski definition) is 2. The predicted molar refractivity (Wildman–Crippen MR) is 80.9 cm³/mol. The molecule has 3 amide bonds. The molecule has 0 aliphatic carbocycles. The molecule has 1 atom stereocenters. The number of hydrogen-bond acceptors (Lipinski definition) is 2. The number of carbonyl (C=O) groups excluding carboxylic acids is 2. The molecule has 1 saturated heterocycles. The molecule has 110 valence electrons. The maximum atomic E-state index is 12.2. The number of amides is 3. The highest BCUT2D eigenvalue weighted by atomic mass is 16.2.